The summed E-state index contributed by atoms with van der Waals surface area (Å²) in [6.45, 7) is 11.6. The van der Waals surface area contributed by atoms with Gasteiger partial charge in [-0.25, -0.2) is 0 Å². The van der Waals surface area contributed by atoms with Crippen molar-refractivity contribution in [2.75, 3.05) is 6.54 Å². The van der Waals surface area contributed by atoms with E-state index >= 15 is 0 Å². The van der Waals surface area contributed by atoms with Crippen molar-refractivity contribution in [3.05, 3.63) is 0 Å². The van der Waals surface area contributed by atoms with Gasteiger partial charge in [0, 0.05) is 13.0 Å². The van der Waals surface area contributed by atoms with Gasteiger partial charge in [0.25, 0.3) is 0 Å². The van der Waals surface area contributed by atoms with Crippen molar-refractivity contribution in [2.24, 2.45) is 23.0 Å². The molecule has 1 unspecified atom stereocenters. The molecule has 3 nitrogen and oxygen atoms in total. The van der Waals surface area contributed by atoms with E-state index in [9.17, 15) is 4.79 Å². The molecule has 0 aromatic heterocycles. The maximum absolute atomic E-state index is 12.2. The lowest BCUT2D eigenvalue weighted by molar-refractivity contribution is -0.125. The zero-order valence-electron chi connectivity index (χ0n) is 13.4. The van der Waals surface area contributed by atoms with Gasteiger partial charge in [0.1, 0.15) is 0 Å². The van der Waals surface area contributed by atoms with Crippen molar-refractivity contribution >= 4 is 5.91 Å². The van der Waals surface area contributed by atoms with E-state index < -0.39 is 0 Å². The molecule has 1 fully saturated rings. The molecule has 3 N–H and O–H groups in total. The molecule has 0 spiro atoms. The molecule has 0 radical (unpaired) electrons. The van der Waals surface area contributed by atoms with Crippen molar-refractivity contribution < 1.29 is 4.79 Å². The highest BCUT2D eigenvalue weighted by atomic mass is 16.1. The fourth-order valence-electron chi connectivity index (χ4n) is 2.63. The zero-order valence-corrected chi connectivity index (χ0v) is 13.4. The van der Waals surface area contributed by atoms with Gasteiger partial charge < -0.3 is 11.1 Å². The van der Waals surface area contributed by atoms with Crippen LogP contribution in [0, 0.1) is 17.3 Å². The van der Waals surface area contributed by atoms with Crippen LogP contribution >= 0.6 is 0 Å². The largest absolute Gasteiger partial charge is 0.349 e. The Morgan fingerprint density at radius 2 is 1.89 bits per heavy atom. The molecule has 1 aliphatic rings. The van der Waals surface area contributed by atoms with Gasteiger partial charge in [-0.2, -0.15) is 0 Å². The second-order valence-electron chi connectivity index (χ2n) is 7.69. The van der Waals surface area contributed by atoms with Gasteiger partial charge in [0.2, 0.25) is 5.91 Å². The van der Waals surface area contributed by atoms with Gasteiger partial charge in [-0.15, -0.1) is 0 Å². The Balaban J connectivity index is 2.54. The van der Waals surface area contributed by atoms with Crippen LogP contribution in [0.15, 0.2) is 0 Å². The van der Waals surface area contributed by atoms with Crippen LogP contribution in [0.2, 0.25) is 0 Å². The second-order valence-corrected chi connectivity index (χ2v) is 7.69. The molecule has 1 atom stereocenters. The van der Waals surface area contributed by atoms with E-state index in [1.54, 1.807) is 0 Å². The molecule has 0 heterocycles. The highest BCUT2D eigenvalue weighted by Crippen LogP contribution is 2.32. The third-order valence-corrected chi connectivity index (χ3v) is 5.00. The Labute approximate surface area is 118 Å². The van der Waals surface area contributed by atoms with Gasteiger partial charge in [-0.3, -0.25) is 4.79 Å². The van der Waals surface area contributed by atoms with Crippen LogP contribution in [0.1, 0.15) is 66.7 Å². The minimum Gasteiger partial charge on any atom is -0.349 e. The topological polar surface area (TPSA) is 55.1 Å². The van der Waals surface area contributed by atoms with Gasteiger partial charge in [-0.05, 0) is 42.9 Å². The normalized spacial score (nSPS) is 29.9. The smallest absolute Gasteiger partial charge is 0.220 e. The van der Waals surface area contributed by atoms with Crippen LogP contribution in [-0.2, 0) is 4.79 Å². The summed E-state index contributed by atoms with van der Waals surface area (Å²) < 4.78 is 0. The van der Waals surface area contributed by atoms with Crippen LogP contribution in [0.25, 0.3) is 0 Å². The Morgan fingerprint density at radius 1 is 1.37 bits per heavy atom. The predicted octanol–water partition coefficient (Wildman–Crippen LogP) is 3.08. The highest BCUT2D eigenvalue weighted by Gasteiger charge is 2.35. The average Bonchev–Trinajstić information content (AvgIpc) is 2.31. The lowest BCUT2D eigenvalue weighted by Crippen LogP contribution is -2.55. The molecule has 0 aromatic carbocycles. The molecule has 112 valence electrons. The van der Waals surface area contributed by atoms with Crippen molar-refractivity contribution in [1.82, 2.24) is 5.32 Å². The number of nitrogens with two attached hydrogens (primary N) is 1. The molecular weight excluding hydrogens is 236 g/mol. The van der Waals surface area contributed by atoms with Crippen LogP contribution < -0.4 is 11.1 Å². The van der Waals surface area contributed by atoms with Gasteiger partial charge in [-0.1, -0.05) is 34.6 Å². The lowest BCUT2D eigenvalue weighted by atomic mass is 9.76. The van der Waals surface area contributed by atoms with Crippen molar-refractivity contribution in [2.45, 2.75) is 72.3 Å². The van der Waals surface area contributed by atoms with Crippen molar-refractivity contribution in [1.29, 1.82) is 0 Å². The second kappa shape index (κ2) is 6.25. The first-order chi connectivity index (χ1) is 8.68. The van der Waals surface area contributed by atoms with Gasteiger partial charge in [0.15, 0.2) is 0 Å². The van der Waals surface area contributed by atoms with E-state index in [1.165, 1.54) is 12.8 Å². The molecular formula is C16H32N2O. The van der Waals surface area contributed by atoms with Crippen LogP contribution in [-0.4, -0.2) is 18.0 Å². The summed E-state index contributed by atoms with van der Waals surface area (Å²) in [7, 11) is 0. The number of hydrogen-bond donors (Lipinski definition) is 2. The van der Waals surface area contributed by atoms with Crippen LogP contribution in [0.3, 0.4) is 0 Å². The minimum absolute atomic E-state index is 0.138. The molecule has 0 saturated heterocycles. The quantitative estimate of drug-likeness (QED) is 0.823. The average molecular weight is 268 g/mol. The summed E-state index contributed by atoms with van der Waals surface area (Å²) in [6.07, 6.45) is 5.00. The third-order valence-electron chi connectivity index (χ3n) is 5.00. The first kappa shape index (κ1) is 16.5. The van der Waals surface area contributed by atoms with Gasteiger partial charge >= 0.3 is 0 Å². The van der Waals surface area contributed by atoms with E-state index in [-0.39, 0.29) is 16.9 Å². The minimum atomic E-state index is -0.138. The molecule has 3 heteroatoms. The van der Waals surface area contributed by atoms with Crippen molar-refractivity contribution in [3.8, 4) is 0 Å². The Kier molecular flexibility index (Phi) is 5.43. The molecule has 1 rings (SSSR count). The first-order valence-electron chi connectivity index (χ1n) is 7.69. The van der Waals surface area contributed by atoms with E-state index in [2.05, 4.69) is 39.9 Å². The maximum atomic E-state index is 12.2. The van der Waals surface area contributed by atoms with Gasteiger partial charge in [0.05, 0.1) is 5.54 Å². The molecule has 19 heavy (non-hydrogen) atoms. The molecule has 1 aliphatic carbocycles. The Bertz CT molecular complexity index is 298. The summed E-state index contributed by atoms with van der Waals surface area (Å²) in [4.78, 5) is 12.2. The van der Waals surface area contributed by atoms with E-state index in [4.69, 9.17) is 5.73 Å². The summed E-state index contributed by atoms with van der Waals surface area (Å²) >= 11 is 0. The Morgan fingerprint density at radius 3 is 2.32 bits per heavy atom. The monoisotopic (exact) mass is 268 g/mol. The molecule has 0 aromatic rings. The number of nitrogens with one attached hydrogen (secondary N) is 1. The zero-order chi connectivity index (χ0) is 14.7. The number of rotatable bonds is 4. The lowest BCUT2D eigenvalue weighted by Gasteiger charge is -2.40. The SMILES string of the molecule is CC1CCC(CN)(NC(=O)CC(C)C(C)(C)C)CC1. The standard InChI is InChI=1S/C16H32N2O/c1-12-6-8-16(11-17,9-7-12)18-14(19)10-13(2)15(3,4)5/h12-13H,6-11,17H2,1-5H3,(H,18,19). The number of carbonyl (C=O) groups is 1. The van der Waals surface area contributed by atoms with E-state index in [0.717, 1.165) is 18.8 Å². The van der Waals surface area contributed by atoms with Crippen LogP contribution in [0.4, 0.5) is 0 Å². The predicted molar refractivity (Wildman–Crippen MR) is 80.8 cm³/mol. The fraction of sp³-hybridized carbons (Fsp3) is 0.938. The number of amides is 1. The summed E-state index contributed by atoms with van der Waals surface area (Å²) in [5.74, 6) is 1.32. The summed E-state index contributed by atoms with van der Waals surface area (Å²) in [5.41, 5.74) is 5.97. The van der Waals surface area contributed by atoms with Crippen LogP contribution in [0.5, 0.6) is 0 Å². The summed E-state index contributed by atoms with van der Waals surface area (Å²) in [6, 6.07) is 0. The molecule has 0 bridgehead atoms. The van der Waals surface area contributed by atoms with E-state index in [1.807, 2.05) is 0 Å². The first-order valence-corrected chi connectivity index (χ1v) is 7.69. The fourth-order valence-corrected chi connectivity index (χ4v) is 2.63. The summed E-state index contributed by atoms with van der Waals surface area (Å²) in [5, 5.41) is 3.24. The van der Waals surface area contributed by atoms with Crippen molar-refractivity contribution in [3.63, 3.8) is 0 Å². The number of hydrogen-bond acceptors (Lipinski definition) is 2. The molecule has 1 amide bonds. The molecule has 1 saturated carbocycles. The highest BCUT2D eigenvalue weighted by molar-refractivity contribution is 5.77. The molecule has 0 aliphatic heterocycles. The maximum Gasteiger partial charge on any atom is 0.220 e. The van der Waals surface area contributed by atoms with E-state index in [0.29, 0.717) is 18.9 Å². The number of carbonyl (C=O) groups excluding carboxylic acids is 1. The Hall–Kier alpha value is -0.570. The third kappa shape index (κ3) is 4.79.